The van der Waals surface area contributed by atoms with Crippen molar-refractivity contribution in [1.29, 1.82) is 0 Å². The van der Waals surface area contributed by atoms with Crippen LogP contribution in [0.1, 0.15) is 67.7 Å². The molecule has 0 saturated heterocycles. The van der Waals surface area contributed by atoms with Gasteiger partial charge in [-0.2, -0.15) is 0 Å². The second-order valence-electron chi connectivity index (χ2n) is 6.01. The average Bonchev–Trinajstić information content (AvgIpc) is 2.30. The summed E-state index contributed by atoms with van der Waals surface area (Å²) in [7, 11) is 0. The molecule has 0 aromatic rings. The van der Waals surface area contributed by atoms with Gasteiger partial charge >= 0.3 is 0 Å². The molecule has 2 unspecified atom stereocenters. The summed E-state index contributed by atoms with van der Waals surface area (Å²) in [5.41, 5.74) is 0. The lowest BCUT2D eigenvalue weighted by atomic mass is 9.99. The second-order valence-corrected chi connectivity index (χ2v) is 6.01. The first-order chi connectivity index (χ1) is 8.77. The lowest BCUT2D eigenvalue weighted by Crippen LogP contribution is -2.35. The number of hydrogen-bond donors (Lipinski definition) is 0. The molecule has 0 saturated carbocycles. The van der Waals surface area contributed by atoms with Gasteiger partial charge < -0.3 is 9.47 Å². The van der Waals surface area contributed by atoms with Gasteiger partial charge in [0.1, 0.15) is 5.78 Å². The first-order valence-electron chi connectivity index (χ1n) is 7.61. The van der Waals surface area contributed by atoms with Gasteiger partial charge in [0.15, 0.2) is 0 Å². The molecule has 0 aliphatic heterocycles. The molecule has 0 aromatic heterocycles. The third kappa shape index (κ3) is 8.38. The van der Waals surface area contributed by atoms with Gasteiger partial charge in [-0.15, -0.1) is 0 Å². The molecule has 0 radical (unpaired) electrons. The molecular formula is C16H32O3. The van der Waals surface area contributed by atoms with Crippen molar-refractivity contribution in [2.75, 3.05) is 0 Å². The number of ketones is 1. The Bertz CT molecular complexity index is 246. The summed E-state index contributed by atoms with van der Waals surface area (Å²) in [6, 6.07) is 0. The van der Waals surface area contributed by atoms with Gasteiger partial charge in [0.25, 0.3) is 0 Å². The minimum Gasteiger partial charge on any atom is -0.373 e. The summed E-state index contributed by atoms with van der Waals surface area (Å²) in [6.45, 7) is 14.1. The van der Waals surface area contributed by atoms with Crippen LogP contribution in [0, 0.1) is 5.92 Å². The third-order valence-electron chi connectivity index (χ3n) is 3.03. The summed E-state index contributed by atoms with van der Waals surface area (Å²) in [4.78, 5) is 11.8. The SMILES string of the molecule is CCC(OC(C)C)C(CCC(=O)C(C)C)OC(C)C. The van der Waals surface area contributed by atoms with Crippen LogP contribution in [0.5, 0.6) is 0 Å². The molecule has 3 heteroatoms. The average molecular weight is 272 g/mol. The fraction of sp³-hybridized carbons (Fsp3) is 0.938. The van der Waals surface area contributed by atoms with Crippen molar-refractivity contribution in [2.24, 2.45) is 5.92 Å². The number of hydrogen-bond acceptors (Lipinski definition) is 3. The lowest BCUT2D eigenvalue weighted by molar-refractivity contribution is -0.128. The normalized spacial score (nSPS) is 15.3. The maximum Gasteiger partial charge on any atom is 0.135 e. The van der Waals surface area contributed by atoms with Gasteiger partial charge in [-0.05, 0) is 40.5 Å². The zero-order chi connectivity index (χ0) is 15.0. The van der Waals surface area contributed by atoms with Crippen molar-refractivity contribution in [3.8, 4) is 0 Å². The third-order valence-corrected chi connectivity index (χ3v) is 3.03. The fourth-order valence-corrected chi connectivity index (χ4v) is 2.06. The zero-order valence-corrected chi connectivity index (χ0v) is 13.7. The van der Waals surface area contributed by atoms with Crippen molar-refractivity contribution < 1.29 is 14.3 Å². The fourth-order valence-electron chi connectivity index (χ4n) is 2.06. The number of carbonyl (C=O) groups excluding carboxylic acids is 1. The van der Waals surface area contributed by atoms with E-state index in [1.165, 1.54) is 0 Å². The minimum atomic E-state index is 0.00935. The molecule has 0 bridgehead atoms. The quantitative estimate of drug-likeness (QED) is 0.603. The first-order valence-corrected chi connectivity index (χ1v) is 7.61. The van der Waals surface area contributed by atoms with E-state index in [2.05, 4.69) is 6.92 Å². The Balaban J connectivity index is 4.54. The number of Topliss-reactive ketones (excluding diaryl/α,β-unsaturated/α-hetero) is 1. The van der Waals surface area contributed by atoms with Gasteiger partial charge in [0.2, 0.25) is 0 Å². The molecule has 2 atom stereocenters. The molecule has 0 aliphatic carbocycles. The Morgan fingerprint density at radius 3 is 1.74 bits per heavy atom. The Labute approximate surface area is 119 Å². The van der Waals surface area contributed by atoms with Crippen LogP contribution in [0.15, 0.2) is 0 Å². The summed E-state index contributed by atoms with van der Waals surface area (Å²) < 4.78 is 11.9. The topological polar surface area (TPSA) is 35.5 Å². The Kier molecular flexibility index (Phi) is 9.28. The monoisotopic (exact) mass is 272 g/mol. The highest BCUT2D eigenvalue weighted by atomic mass is 16.5. The van der Waals surface area contributed by atoms with Crippen LogP contribution in [0.4, 0.5) is 0 Å². The molecule has 0 spiro atoms. The standard InChI is InChI=1S/C16H32O3/c1-8-15(18-12(4)5)16(19-13(6)7)10-9-14(17)11(2)3/h11-13,15-16H,8-10H2,1-7H3. The highest BCUT2D eigenvalue weighted by molar-refractivity contribution is 5.80. The van der Waals surface area contributed by atoms with E-state index in [0.29, 0.717) is 12.2 Å². The van der Waals surface area contributed by atoms with Crippen LogP contribution in [0.25, 0.3) is 0 Å². The van der Waals surface area contributed by atoms with Gasteiger partial charge in [-0.1, -0.05) is 20.8 Å². The lowest BCUT2D eigenvalue weighted by Gasteiger charge is -2.30. The molecule has 114 valence electrons. The summed E-state index contributed by atoms with van der Waals surface area (Å²) in [5, 5.41) is 0. The molecule has 3 nitrogen and oxygen atoms in total. The predicted octanol–water partition coefficient (Wildman–Crippen LogP) is 3.99. The van der Waals surface area contributed by atoms with E-state index in [-0.39, 0.29) is 30.3 Å². The van der Waals surface area contributed by atoms with Gasteiger partial charge in [-0.3, -0.25) is 4.79 Å². The van der Waals surface area contributed by atoms with E-state index in [9.17, 15) is 4.79 Å². The van der Waals surface area contributed by atoms with Crippen LogP contribution in [-0.2, 0) is 14.3 Å². The number of ether oxygens (including phenoxy) is 2. The van der Waals surface area contributed by atoms with Crippen LogP contribution in [0.3, 0.4) is 0 Å². The molecule has 19 heavy (non-hydrogen) atoms. The molecule has 0 heterocycles. The van der Waals surface area contributed by atoms with E-state index >= 15 is 0 Å². The molecule has 0 amide bonds. The molecule has 0 N–H and O–H groups in total. The Hall–Kier alpha value is -0.410. The van der Waals surface area contributed by atoms with Crippen molar-refractivity contribution in [3.63, 3.8) is 0 Å². The van der Waals surface area contributed by atoms with E-state index in [0.717, 1.165) is 12.8 Å². The molecular weight excluding hydrogens is 240 g/mol. The Morgan fingerprint density at radius 2 is 1.37 bits per heavy atom. The van der Waals surface area contributed by atoms with Crippen molar-refractivity contribution in [3.05, 3.63) is 0 Å². The highest BCUT2D eigenvalue weighted by Gasteiger charge is 2.24. The van der Waals surface area contributed by atoms with Crippen LogP contribution < -0.4 is 0 Å². The Morgan fingerprint density at radius 1 is 0.895 bits per heavy atom. The maximum atomic E-state index is 11.8. The van der Waals surface area contributed by atoms with Gasteiger partial charge in [-0.25, -0.2) is 0 Å². The molecule has 0 rings (SSSR count). The van der Waals surface area contributed by atoms with Gasteiger partial charge in [0.05, 0.1) is 24.4 Å². The van der Waals surface area contributed by atoms with Gasteiger partial charge in [0, 0.05) is 12.3 Å². The van der Waals surface area contributed by atoms with E-state index in [4.69, 9.17) is 9.47 Å². The zero-order valence-electron chi connectivity index (χ0n) is 13.7. The van der Waals surface area contributed by atoms with Crippen LogP contribution >= 0.6 is 0 Å². The predicted molar refractivity (Wildman–Crippen MR) is 79.4 cm³/mol. The minimum absolute atomic E-state index is 0.00935. The summed E-state index contributed by atoms with van der Waals surface area (Å²) in [6.07, 6.45) is 2.66. The second kappa shape index (κ2) is 9.49. The smallest absolute Gasteiger partial charge is 0.135 e. The summed E-state index contributed by atoms with van der Waals surface area (Å²) >= 11 is 0. The number of rotatable bonds is 10. The van der Waals surface area contributed by atoms with Crippen molar-refractivity contribution in [2.45, 2.75) is 92.1 Å². The first kappa shape index (κ1) is 18.6. The van der Waals surface area contributed by atoms with E-state index in [1.807, 2.05) is 41.5 Å². The maximum absolute atomic E-state index is 11.8. The highest BCUT2D eigenvalue weighted by Crippen LogP contribution is 2.18. The van der Waals surface area contributed by atoms with E-state index < -0.39 is 0 Å². The largest absolute Gasteiger partial charge is 0.373 e. The van der Waals surface area contributed by atoms with Crippen LogP contribution in [0.2, 0.25) is 0 Å². The van der Waals surface area contributed by atoms with E-state index in [1.54, 1.807) is 0 Å². The molecule has 0 aromatic carbocycles. The summed E-state index contributed by atoms with van der Waals surface area (Å²) in [5.74, 6) is 0.405. The number of carbonyl (C=O) groups is 1. The van der Waals surface area contributed by atoms with Crippen molar-refractivity contribution >= 4 is 5.78 Å². The van der Waals surface area contributed by atoms with Crippen LogP contribution in [-0.4, -0.2) is 30.2 Å². The molecule has 0 aliphatic rings. The molecule has 0 fully saturated rings. The van der Waals surface area contributed by atoms with Crippen molar-refractivity contribution in [1.82, 2.24) is 0 Å².